The Balaban J connectivity index is 1.51. The predicted molar refractivity (Wildman–Crippen MR) is 134 cm³/mol. The third kappa shape index (κ3) is 4.85. The van der Waals surface area contributed by atoms with Crippen molar-refractivity contribution in [1.29, 1.82) is 0 Å². The quantitative estimate of drug-likeness (QED) is 0.323. The molecule has 4 bridgehead atoms. The van der Waals surface area contributed by atoms with E-state index in [1.807, 2.05) is 6.92 Å². The highest BCUT2D eigenvalue weighted by atomic mass is 16.6. The van der Waals surface area contributed by atoms with Crippen molar-refractivity contribution >= 4 is 11.9 Å². The molecule has 0 aromatic heterocycles. The number of cyclic esters (lactones) is 1. The van der Waals surface area contributed by atoms with Gasteiger partial charge in [0.25, 0.3) is 0 Å². The largest absolute Gasteiger partial charge is 0.462 e. The van der Waals surface area contributed by atoms with Crippen LogP contribution in [-0.4, -0.2) is 73.0 Å². The Hall–Kier alpha value is -2.26. The van der Waals surface area contributed by atoms with Gasteiger partial charge in [-0.15, -0.1) is 0 Å². The third-order valence-electron chi connectivity index (χ3n) is 8.96. The summed E-state index contributed by atoms with van der Waals surface area (Å²) < 4.78 is 30.6. The summed E-state index contributed by atoms with van der Waals surface area (Å²) in [5.74, 6) is -0.877. The maximum atomic E-state index is 12.9. The lowest BCUT2D eigenvalue weighted by Gasteiger charge is -2.53. The normalized spacial score (nSPS) is 46.2. The fourth-order valence-corrected chi connectivity index (χ4v) is 6.59. The summed E-state index contributed by atoms with van der Waals surface area (Å²) in [6.45, 7) is 8.19. The lowest BCUT2D eigenvalue weighted by atomic mass is 9.52. The summed E-state index contributed by atoms with van der Waals surface area (Å²) in [4.78, 5) is 25.9. The molecule has 1 saturated carbocycles. The number of ether oxygens (including phenoxy) is 5. The lowest BCUT2D eigenvalue weighted by molar-refractivity contribution is -0.181. The molecule has 0 radical (unpaired) electrons. The molecule has 6 rings (SSSR count). The standard InChI is InChI=1S/C29H38O8/c1-17-9-11-29-16-34-25(32)14-18(2)10-12-33-20(19(3)30)7-5-6-8-24(31)36-22-15-21(35-23(29)13-17)26-27(37-26)28(22,29)4/h5-8,13-14,19-23,26-27,30H,9-12,15-16H2,1-4H3/b7-5+,8-6-,18-14+/t19-,20-,21-,22-,23-,26?,27-,28+,29-/m1/s1. The van der Waals surface area contributed by atoms with E-state index in [1.165, 1.54) is 17.7 Å². The van der Waals surface area contributed by atoms with E-state index in [1.54, 1.807) is 25.2 Å². The summed E-state index contributed by atoms with van der Waals surface area (Å²) >= 11 is 0. The minimum Gasteiger partial charge on any atom is -0.462 e. The Morgan fingerprint density at radius 2 is 1.89 bits per heavy atom. The maximum Gasteiger partial charge on any atom is 0.331 e. The number of allylic oxidation sites excluding steroid dienone is 3. The zero-order valence-corrected chi connectivity index (χ0v) is 22.1. The predicted octanol–water partition coefficient (Wildman–Crippen LogP) is 3.34. The van der Waals surface area contributed by atoms with Crippen LogP contribution in [0.2, 0.25) is 0 Å². The molecule has 4 heterocycles. The van der Waals surface area contributed by atoms with Crippen molar-refractivity contribution in [1.82, 2.24) is 0 Å². The van der Waals surface area contributed by atoms with Crippen LogP contribution in [0.5, 0.6) is 0 Å². The van der Waals surface area contributed by atoms with Crippen LogP contribution in [0.3, 0.4) is 0 Å². The second-order valence-electron chi connectivity index (χ2n) is 11.4. The summed E-state index contributed by atoms with van der Waals surface area (Å²) in [6.07, 6.45) is 10.3. The molecule has 8 heteroatoms. The van der Waals surface area contributed by atoms with E-state index in [9.17, 15) is 14.7 Å². The number of carbonyl (C=O) groups is 2. The summed E-state index contributed by atoms with van der Waals surface area (Å²) in [5.41, 5.74) is 0.883. The van der Waals surface area contributed by atoms with Gasteiger partial charge in [-0.25, -0.2) is 9.59 Å². The van der Waals surface area contributed by atoms with E-state index in [2.05, 4.69) is 19.9 Å². The van der Waals surface area contributed by atoms with Crippen LogP contribution >= 0.6 is 0 Å². The van der Waals surface area contributed by atoms with Gasteiger partial charge in [-0.3, -0.25) is 0 Å². The molecule has 4 fully saturated rings. The van der Waals surface area contributed by atoms with Gasteiger partial charge in [0.15, 0.2) is 0 Å². The molecule has 2 aliphatic carbocycles. The van der Waals surface area contributed by atoms with Gasteiger partial charge >= 0.3 is 11.9 Å². The summed E-state index contributed by atoms with van der Waals surface area (Å²) in [7, 11) is 0. The molecule has 4 aliphatic heterocycles. The van der Waals surface area contributed by atoms with Crippen LogP contribution in [0.1, 0.15) is 53.4 Å². The van der Waals surface area contributed by atoms with Crippen molar-refractivity contribution in [2.75, 3.05) is 13.2 Å². The Labute approximate surface area is 218 Å². The molecule has 0 aromatic rings. The van der Waals surface area contributed by atoms with Crippen LogP contribution in [-0.2, 0) is 33.3 Å². The number of hydrogen-bond acceptors (Lipinski definition) is 8. The second-order valence-corrected chi connectivity index (χ2v) is 11.4. The highest BCUT2D eigenvalue weighted by Crippen LogP contribution is 2.66. The number of aliphatic hydroxyl groups excluding tert-OH is 1. The van der Waals surface area contributed by atoms with Gasteiger partial charge in [-0.1, -0.05) is 42.4 Å². The van der Waals surface area contributed by atoms with E-state index < -0.39 is 41.1 Å². The number of esters is 2. The zero-order chi connectivity index (χ0) is 26.4. The second kappa shape index (κ2) is 10.1. The molecule has 37 heavy (non-hydrogen) atoms. The number of aliphatic hydroxyl groups is 1. The Kier molecular flexibility index (Phi) is 7.22. The number of carbonyl (C=O) groups excluding carboxylic acids is 2. The van der Waals surface area contributed by atoms with Crippen molar-refractivity contribution in [3.05, 3.63) is 47.6 Å². The number of hydrogen-bond donors (Lipinski definition) is 1. The lowest BCUT2D eigenvalue weighted by Crippen LogP contribution is -2.60. The van der Waals surface area contributed by atoms with E-state index in [0.29, 0.717) is 19.4 Å². The molecule has 6 aliphatic rings. The third-order valence-corrected chi connectivity index (χ3v) is 8.96. The number of epoxide rings is 1. The molecule has 0 amide bonds. The fourth-order valence-electron chi connectivity index (χ4n) is 6.59. The minimum atomic E-state index is -0.735. The molecule has 1 unspecified atom stereocenters. The molecular formula is C29H38O8. The van der Waals surface area contributed by atoms with Crippen molar-refractivity contribution in [3.8, 4) is 0 Å². The maximum absolute atomic E-state index is 12.9. The Bertz CT molecular complexity index is 1040. The molecular weight excluding hydrogens is 476 g/mol. The van der Waals surface area contributed by atoms with Crippen molar-refractivity contribution in [3.63, 3.8) is 0 Å². The Morgan fingerprint density at radius 1 is 1.08 bits per heavy atom. The SMILES string of the molecule is CC1=C[C@H]2O[C@@H]3C[C@H]4OC(=O)/C=C\C=C\[C@H]([C@@H](C)O)OCC/C(C)=C/C(=O)OC[C@@]2(CC1)[C@]4(C)[C@@H]1OC13. The van der Waals surface area contributed by atoms with E-state index in [0.717, 1.165) is 18.4 Å². The van der Waals surface area contributed by atoms with Crippen LogP contribution in [0.25, 0.3) is 0 Å². The van der Waals surface area contributed by atoms with Gasteiger partial charge in [-0.2, -0.15) is 0 Å². The van der Waals surface area contributed by atoms with Gasteiger partial charge in [-0.05, 0) is 40.0 Å². The van der Waals surface area contributed by atoms with Crippen LogP contribution in [0, 0.1) is 10.8 Å². The fraction of sp³-hybridized carbons (Fsp3) is 0.655. The van der Waals surface area contributed by atoms with Crippen LogP contribution in [0.4, 0.5) is 0 Å². The monoisotopic (exact) mass is 514 g/mol. The Morgan fingerprint density at radius 3 is 2.68 bits per heavy atom. The summed E-state index contributed by atoms with van der Waals surface area (Å²) in [6, 6.07) is 0. The van der Waals surface area contributed by atoms with Gasteiger partial charge in [0, 0.05) is 29.4 Å². The molecule has 1 spiro atoms. The number of rotatable bonds is 1. The molecule has 8 nitrogen and oxygen atoms in total. The molecule has 0 aromatic carbocycles. The van der Waals surface area contributed by atoms with Gasteiger partial charge < -0.3 is 28.8 Å². The van der Waals surface area contributed by atoms with Crippen molar-refractivity contribution in [2.24, 2.45) is 10.8 Å². The minimum absolute atomic E-state index is 0.0392. The first-order valence-corrected chi connectivity index (χ1v) is 13.3. The topological polar surface area (TPSA) is 104 Å². The van der Waals surface area contributed by atoms with Gasteiger partial charge in [0.1, 0.15) is 24.9 Å². The van der Waals surface area contributed by atoms with Crippen molar-refractivity contribution in [2.45, 2.75) is 96.1 Å². The zero-order valence-electron chi connectivity index (χ0n) is 22.1. The highest BCUT2D eigenvalue weighted by Gasteiger charge is 2.76. The molecule has 9 atom stereocenters. The van der Waals surface area contributed by atoms with E-state index in [4.69, 9.17) is 23.7 Å². The van der Waals surface area contributed by atoms with Gasteiger partial charge in [0.2, 0.25) is 0 Å². The highest BCUT2D eigenvalue weighted by molar-refractivity contribution is 5.83. The first kappa shape index (κ1) is 26.4. The first-order chi connectivity index (χ1) is 17.6. The van der Waals surface area contributed by atoms with E-state index >= 15 is 0 Å². The molecule has 3 saturated heterocycles. The first-order valence-electron chi connectivity index (χ1n) is 13.3. The van der Waals surface area contributed by atoms with Crippen LogP contribution in [0.15, 0.2) is 47.6 Å². The van der Waals surface area contributed by atoms with Crippen molar-refractivity contribution < 1.29 is 38.4 Å². The van der Waals surface area contributed by atoms with Crippen LogP contribution < -0.4 is 0 Å². The van der Waals surface area contributed by atoms with Gasteiger partial charge in [0.05, 0.1) is 31.0 Å². The molecule has 202 valence electrons. The summed E-state index contributed by atoms with van der Waals surface area (Å²) in [5, 5.41) is 10.0. The smallest absolute Gasteiger partial charge is 0.331 e. The van der Waals surface area contributed by atoms with E-state index in [-0.39, 0.29) is 31.0 Å². The average molecular weight is 515 g/mol. The molecule has 1 N–H and O–H groups in total. The average Bonchev–Trinajstić information content (AvgIpc) is 3.65.